The van der Waals surface area contributed by atoms with E-state index in [0.717, 1.165) is 16.9 Å². The molecule has 0 amide bonds. The summed E-state index contributed by atoms with van der Waals surface area (Å²) in [7, 11) is 1.31. The fraction of sp³-hybridized carbons (Fsp3) is 0.381. The van der Waals surface area contributed by atoms with Gasteiger partial charge in [0.25, 0.3) is 6.47 Å². The van der Waals surface area contributed by atoms with Crippen molar-refractivity contribution in [3.05, 3.63) is 59.7 Å². The molecule has 28 heavy (non-hydrogen) atoms. The van der Waals surface area contributed by atoms with Crippen LogP contribution in [0.2, 0.25) is 0 Å². The van der Waals surface area contributed by atoms with Crippen LogP contribution in [-0.2, 0) is 14.3 Å². The number of hydrogen-bond donors (Lipinski definition) is 3. The van der Waals surface area contributed by atoms with Crippen molar-refractivity contribution in [3.63, 3.8) is 0 Å². The lowest BCUT2D eigenvalue weighted by atomic mass is 9.93. The van der Waals surface area contributed by atoms with Crippen molar-refractivity contribution in [1.29, 1.82) is 0 Å². The largest absolute Gasteiger partial charge is 0.471 e. The second-order valence-corrected chi connectivity index (χ2v) is 6.47. The second-order valence-electron chi connectivity index (χ2n) is 6.47. The zero-order valence-corrected chi connectivity index (χ0v) is 15.9. The van der Waals surface area contributed by atoms with E-state index in [0.29, 0.717) is 12.2 Å². The molecule has 3 N–H and O–H groups in total. The molecule has 0 saturated carbocycles. The predicted octanol–water partition coefficient (Wildman–Crippen LogP) is 2.12. The van der Waals surface area contributed by atoms with Gasteiger partial charge in [-0.25, -0.2) is 0 Å². The maximum absolute atomic E-state index is 10.2. The zero-order valence-electron chi connectivity index (χ0n) is 15.9. The van der Waals surface area contributed by atoms with Gasteiger partial charge in [-0.15, -0.1) is 0 Å². The van der Waals surface area contributed by atoms with Crippen LogP contribution in [0.5, 0.6) is 11.5 Å². The van der Waals surface area contributed by atoms with E-state index >= 15 is 0 Å². The molecule has 0 spiro atoms. The SMILES string of the molecule is COC=O.Cc1cccc(Oc2ccc([C@H]3OC(CO)CC(O)C3O)cc2)c1. The Morgan fingerprint density at radius 1 is 1.14 bits per heavy atom. The van der Waals surface area contributed by atoms with Crippen LogP contribution < -0.4 is 4.74 Å². The first kappa shape index (κ1) is 21.8. The molecule has 0 aromatic heterocycles. The highest BCUT2D eigenvalue weighted by atomic mass is 16.5. The van der Waals surface area contributed by atoms with Crippen molar-refractivity contribution in [2.45, 2.75) is 37.8 Å². The van der Waals surface area contributed by atoms with Crippen molar-refractivity contribution in [2.24, 2.45) is 0 Å². The second kappa shape index (κ2) is 10.8. The first-order chi connectivity index (χ1) is 13.5. The van der Waals surface area contributed by atoms with Crippen LogP contribution >= 0.6 is 0 Å². The molecular formula is C21H26O7. The topological polar surface area (TPSA) is 105 Å². The summed E-state index contributed by atoms with van der Waals surface area (Å²) in [5.41, 5.74) is 1.85. The van der Waals surface area contributed by atoms with Crippen LogP contribution in [0.3, 0.4) is 0 Å². The highest BCUT2D eigenvalue weighted by Crippen LogP contribution is 2.33. The first-order valence-electron chi connectivity index (χ1n) is 8.91. The summed E-state index contributed by atoms with van der Waals surface area (Å²) >= 11 is 0. The van der Waals surface area contributed by atoms with E-state index in [9.17, 15) is 15.3 Å². The Morgan fingerprint density at radius 3 is 2.39 bits per heavy atom. The molecule has 4 atom stereocenters. The van der Waals surface area contributed by atoms with E-state index in [1.54, 1.807) is 24.3 Å². The highest BCUT2D eigenvalue weighted by molar-refractivity contribution is 5.36. The van der Waals surface area contributed by atoms with Crippen LogP contribution in [0.1, 0.15) is 23.7 Å². The Bertz CT molecular complexity index is 732. The minimum absolute atomic E-state index is 0.186. The van der Waals surface area contributed by atoms with E-state index in [1.807, 2.05) is 31.2 Å². The molecule has 1 aliphatic heterocycles. The monoisotopic (exact) mass is 390 g/mol. The van der Waals surface area contributed by atoms with Gasteiger partial charge < -0.3 is 29.5 Å². The number of methoxy groups -OCH3 is 1. The van der Waals surface area contributed by atoms with Gasteiger partial charge in [0.2, 0.25) is 0 Å². The molecule has 3 rings (SSSR count). The van der Waals surface area contributed by atoms with Crippen molar-refractivity contribution >= 4 is 6.47 Å². The van der Waals surface area contributed by atoms with Crippen LogP contribution in [0.15, 0.2) is 48.5 Å². The Balaban J connectivity index is 0.000000640. The average molecular weight is 390 g/mol. The van der Waals surface area contributed by atoms with Gasteiger partial charge in [0.05, 0.1) is 25.9 Å². The van der Waals surface area contributed by atoms with Gasteiger partial charge in [-0.2, -0.15) is 0 Å². The molecule has 152 valence electrons. The third-order valence-electron chi connectivity index (χ3n) is 4.28. The van der Waals surface area contributed by atoms with E-state index in [1.165, 1.54) is 7.11 Å². The Labute approximate surface area is 164 Å². The van der Waals surface area contributed by atoms with Crippen LogP contribution in [-0.4, -0.2) is 53.8 Å². The minimum atomic E-state index is -1.02. The number of ether oxygens (including phenoxy) is 3. The van der Waals surface area contributed by atoms with Gasteiger partial charge in [-0.05, 0) is 42.3 Å². The van der Waals surface area contributed by atoms with Gasteiger partial charge in [0.1, 0.15) is 23.7 Å². The van der Waals surface area contributed by atoms with E-state index in [-0.39, 0.29) is 13.0 Å². The molecular weight excluding hydrogens is 364 g/mol. The molecule has 1 aliphatic rings. The molecule has 1 heterocycles. The maximum Gasteiger partial charge on any atom is 0.292 e. The molecule has 1 fully saturated rings. The molecule has 0 radical (unpaired) electrons. The smallest absolute Gasteiger partial charge is 0.292 e. The normalized spacial score (nSPS) is 23.9. The number of hydrogen-bond acceptors (Lipinski definition) is 7. The minimum Gasteiger partial charge on any atom is -0.471 e. The fourth-order valence-electron chi connectivity index (χ4n) is 2.89. The Kier molecular flexibility index (Phi) is 8.41. The van der Waals surface area contributed by atoms with Gasteiger partial charge in [-0.3, -0.25) is 4.79 Å². The number of aliphatic hydroxyl groups excluding tert-OH is 3. The standard InChI is InChI=1S/C19H22O5.C2H4O2/c1-12-3-2-4-15(9-12)23-14-7-5-13(6-8-14)19-18(22)17(21)10-16(11-20)24-19;1-4-2-3/h2-9,16-22H,10-11H2,1H3;2H,1H3/t16?,17?,18?,19-;/m1./s1. The molecule has 3 unspecified atom stereocenters. The third kappa shape index (κ3) is 6.03. The number of carbonyl (C=O) groups excluding carboxylic acids is 1. The van der Waals surface area contributed by atoms with E-state index in [2.05, 4.69) is 4.74 Å². The maximum atomic E-state index is 10.2. The summed E-state index contributed by atoms with van der Waals surface area (Å²) in [6, 6.07) is 15.0. The number of aliphatic hydroxyl groups is 3. The first-order valence-corrected chi connectivity index (χ1v) is 8.91. The highest BCUT2D eigenvalue weighted by Gasteiger charge is 2.37. The lowest BCUT2D eigenvalue weighted by Gasteiger charge is -2.36. The quantitative estimate of drug-likeness (QED) is 0.672. The van der Waals surface area contributed by atoms with Gasteiger partial charge in [0.15, 0.2) is 0 Å². The molecule has 0 bridgehead atoms. The lowest BCUT2D eigenvalue weighted by molar-refractivity contribution is -0.179. The number of benzene rings is 2. The lowest BCUT2D eigenvalue weighted by Crippen LogP contribution is -2.44. The summed E-state index contributed by atoms with van der Waals surface area (Å²) in [5.74, 6) is 1.43. The molecule has 7 nitrogen and oxygen atoms in total. The molecule has 2 aromatic carbocycles. The summed E-state index contributed by atoms with van der Waals surface area (Å²) in [4.78, 5) is 8.95. The average Bonchev–Trinajstić information content (AvgIpc) is 2.71. The van der Waals surface area contributed by atoms with Gasteiger partial charge in [-0.1, -0.05) is 24.3 Å². The van der Waals surface area contributed by atoms with Crippen molar-refractivity contribution in [2.75, 3.05) is 13.7 Å². The number of rotatable bonds is 5. The number of aryl methyl sites for hydroxylation is 1. The van der Waals surface area contributed by atoms with Crippen molar-refractivity contribution in [3.8, 4) is 11.5 Å². The van der Waals surface area contributed by atoms with Crippen LogP contribution in [0.25, 0.3) is 0 Å². The zero-order chi connectivity index (χ0) is 20.5. The summed E-state index contributed by atoms with van der Waals surface area (Å²) in [5, 5.41) is 29.3. The molecule has 7 heteroatoms. The fourth-order valence-corrected chi connectivity index (χ4v) is 2.89. The summed E-state index contributed by atoms with van der Waals surface area (Å²) in [6.07, 6.45) is -2.85. The van der Waals surface area contributed by atoms with Crippen molar-refractivity contribution < 1.29 is 34.3 Å². The molecule has 1 saturated heterocycles. The predicted molar refractivity (Wildman–Crippen MR) is 102 cm³/mol. The molecule has 2 aromatic rings. The Morgan fingerprint density at radius 2 is 1.82 bits per heavy atom. The van der Waals surface area contributed by atoms with E-state index < -0.39 is 24.4 Å². The van der Waals surface area contributed by atoms with Crippen LogP contribution in [0, 0.1) is 6.92 Å². The summed E-state index contributed by atoms with van der Waals surface area (Å²) < 4.78 is 15.3. The molecule has 0 aliphatic carbocycles. The van der Waals surface area contributed by atoms with Gasteiger partial charge >= 0.3 is 0 Å². The van der Waals surface area contributed by atoms with Crippen molar-refractivity contribution in [1.82, 2.24) is 0 Å². The van der Waals surface area contributed by atoms with Gasteiger partial charge in [0, 0.05) is 6.42 Å². The Hall–Kier alpha value is -2.45. The van der Waals surface area contributed by atoms with E-state index in [4.69, 9.17) is 14.3 Å². The van der Waals surface area contributed by atoms with Crippen LogP contribution in [0.4, 0.5) is 0 Å². The third-order valence-corrected chi connectivity index (χ3v) is 4.28. The summed E-state index contributed by atoms with van der Waals surface area (Å²) in [6.45, 7) is 2.19. The number of carbonyl (C=O) groups is 1.